The summed E-state index contributed by atoms with van der Waals surface area (Å²) < 4.78 is 38.3. The molecule has 0 bridgehead atoms. The predicted molar refractivity (Wildman–Crippen MR) is 92.1 cm³/mol. The van der Waals surface area contributed by atoms with E-state index in [9.17, 15) is 12.8 Å². The van der Waals surface area contributed by atoms with Crippen LogP contribution in [0.25, 0.3) is 0 Å². The lowest BCUT2D eigenvalue weighted by Crippen LogP contribution is -2.27. The summed E-state index contributed by atoms with van der Waals surface area (Å²) in [6.45, 7) is 0.457. The molecule has 0 saturated heterocycles. The molecule has 0 heterocycles. The molecule has 0 aliphatic rings. The van der Waals surface area contributed by atoms with Crippen molar-refractivity contribution in [3.63, 3.8) is 0 Å². The van der Waals surface area contributed by atoms with E-state index in [0.717, 1.165) is 5.56 Å². The van der Waals surface area contributed by atoms with Crippen molar-refractivity contribution in [3.05, 3.63) is 59.9 Å². The van der Waals surface area contributed by atoms with Crippen LogP contribution in [-0.2, 0) is 16.6 Å². The average molecular weight is 353 g/mol. The minimum Gasteiger partial charge on any atom is -0.358 e. The van der Waals surface area contributed by atoms with Gasteiger partial charge in [-0.1, -0.05) is 12.1 Å². The van der Waals surface area contributed by atoms with Gasteiger partial charge < -0.3 is 10.6 Å². The van der Waals surface area contributed by atoms with Crippen LogP contribution in [0.1, 0.15) is 5.56 Å². The summed E-state index contributed by atoms with van der Waals surface area (Å²) in [5.41, 5.74) is 1.56. The molecular weight excluding hydrogens is 337 g/mol. The average Bonchev–Trinajstić information content (AvgIpc) is 2.55. The Hall–Kier alpha value is -2.03. The van der Waals surface area contributed by atoms with E-state index in [1.54, 1.807) is 24.3 Å². The number of sulfonamides is 1. The molecule has 0 unspecified atom stereocenters. The quantitative estimate of drug-likeness (QED) is 0.719. The lowest BCUT2D eigenvalue weighted by molar-refractivity contribution is 0.588. The van der Waals surface area contributed by atoms with Gasteiger partial charge in [-0.3, -0.25) is 0 Å². The summed E-state index contributed by atoms with van der Waals surface area (Å²) in [6, 6.07) is 12.3. The number of nitrogens with one attached hydrogen (secondary N) is 3. The number of rotatable bonds is 5. The van der Waals surface area contributed by atoms with Crippen LogP contribution in [0.15, 0.2) is 53.4 Å². The van der Waals surface area contributed by atoms with Crippen molar-refractivity contribution in [1.82, 2.24) is 10.0 Å². The molecule has 8 heteroatoms. The van der Waals surface area contributed by atoms with E-state index in [-0.39, 0.29) is 10.7 Å². The van der Waals surface area contributed by atoms with Crippen molar-refractivity contribution < 1.29 is 12.8 Å². The summed E-state index contributed by atoms with van der Waals surface area (Å²) in [4.78, 5) is 0.177. The molecule has 2 rings (SSSR count). The molecule has 0 atom stereocenters. The summed E-state index contributed by atoms with van der Waals surface area (Å²) in [7, 11) is -2.09. The van der Waals surface area contributed by atoms with E-state index < -0.39 is 10.0 Å². The summed E-state index contributed by atoms with van der Waals surface area (Å²) in [6.07, 6.45) is 0. The van der Waals surface area contributed by atoms with Crippen molar-refractivity contribution in [2.75, 3.05) is 12.4 Å². The van der Waals surface area contributed by atoms with E-state index >= 15 is 0 Å². The fourth-order valence-electron chi connectivity index (χ4n) is 1.80. The number of benzene rings is 2. The van der Waals surface area contributed by atoms with Gasteiger partial charge in [-0.05, 0) is 61.2 Å². The van der Waals surface area contributed by atoms with E-state index in [1.165, 1.54) is 31.3 Å². The minimum atomic E-state index is -3.45. The van der Waals surface area contributed by atoms with Crippen molar-refractivity contribution in [1.29, 1.82) is 0 Å². The maximum absolute atomic E-state index is 12.8. The molecule has 0 aliphatic carbocycles. The smallest absolute Gasteiger partial charge is 0.240 e. The molecule has 0 radical (unpaired) electrons. The molecule has 5 nitrogen and oxygen atoms in total. The molecule has 2 aromatic carbocycles. The third-order valence-corrected chi connectivity index (χ3v) is 4.73. The molecule has 0 aliphatic heterocycles. The Balaban J connectivity index is 1.91. The van der Waals surface area contributed by atoms with Gasteiger partial charge in [-0.25, -0.2) is 17.5 Å². The largest absolute Gasteiger partial charge is 0.358 e. The Kier molecular flexibility index (Phi) is 5.64. The standard InChI is InChI=1S/C15H16FN3O2S2/c1-17-23(20,21)14-8-6-13(7-9-14)19-15(22)18-10-11-2-4-12(16)5-3-11/h2-9,17H,10H2,1H3,(H2,18,19,22). The second-order valence-electron chi connectivity index (χ2n) is 4.67. The van der Waals surface area contributed by atoms with Gasteiger partial charge in [0.15, 0.2) is 5.11 Å². The van der Waals surface area contributed by atoms with Crippen molar-refractivity contribution in [2.24, 2.45) is 0 Å². The first-order valence-corrected chi connectivity index (χ1v) is 8.63. The molecule has 3 N–H and O–H groups in total. The number of halogens is 1. The number of hydrogen-bond donors (Lipinski definition) is 3. The predicted octanol–water partition coefficient (Wildman–Crippen LogP) is 2.22. The zero-order valence-corrected chi connectivity index (χ0v) is 14.0. The van der Waals surface area contributed by atoms with Crippen LogP contribution in [0.2, 0.25) is 0 Å². The minimum absolute atomic E-state index is 0.177. The number of anilines is 1. The van der Waals surface area contributed by atoms with E-state index in [1.807, 2.05) is 0 Å². The molecule has 23 heavy (non-hydrogen) atoms. The van der Waals surface area contributed by atoms with Gasteiger partial charge >= 0.3 is 0 Å². The van der Waals surface area contributed by atoms with Crippen LogP contribution in [0.4, 0.5) is 10.1 Å². The first kappa shape index (κ1) is 17.3. The Morgan fingerprint density at radius 2 is 1.70 bits per heavy atom. The Bertz CT molecular complexity index is 775. The molecule has 2 aromatic rings. The Morgan fingerprint density at radius 3 is 2.26 bits per heavy atom. The number of hydrogen-bond acceptors (Lipinski definition) is 3. The Labute approximate surface area is 140 Å². The van der Waals surface area contributed by atoms with Crippen LogP contribution in [-0.4, -0.2) is 20.6 Å². The van der Waals surface area contributed by atoms with Gasteiger partial charge in [0.1, 0.15) is 5.82 Å². The monoisotopic (exact) mass is 353 g/mol. The van der Waals surface area contributed by atoms with E-state index in [2.05, 4.69) is 15.4 Å². The maximum Gasteiger partial charge on any atom is 0.240 e. The lowest BCUT2D eigenvalue weighted by atomic mass is 10.2. The normalized spacial score (nSPS) is 11.0. The molecule has 122 valence electrons. The van der Waals surface area contributed by atoms with Crippen LogP contribution in [0.5, 0.6) is 0 Å². The highest BCUT2D eigenvalue weighted by Gasteiger charge is 2.10. The van der Waals surface area contributed by atoms with Crippen LogP contribution < -0.4 is 15.4 Å². The molecular formula is C15H16FN3O2S2. The molecule has 0 aromatic heterocycles. The zero-order chi connectivity index (χ0) is 16.9. The zero-order valence-electron chi connectivity index (χ0n) is 12.3. The van der Waals surface area contributed by atoms with E-state index in [4.69, 9.17) is 12.2 Å². The lowest BCUT2D eigenvalue weighted by Gasteiger charge is -2.11. The van der Waals surface area contributed by atoms with Gasteiger partial charge in [-0.15, -0.1) is 0 Å². The fraction of sp³-hybridized carbons (Fsp3) is 0.133. The third kappa shape index (κ3) is 4.98. The highest BCUT2D eigenvalue weighted by molar-refractivity contribution is 7.89. The summed E-state index contributed by atoms with van der Waals surface area (Å²) in [5, 5.41) is 6.33. The van der Waals surface area contributed by atoms with Crippen LogP contribution in [0, 0.1) is 5.82 Å². The SMILES string of the molecule is CNS(=O)(=O)c1ccc(NC(=S)NCc2ccc(F)cc2)cc1. The topological polar surface area (TPSA) is 70.2 Å². The second-order valence-corrected chi connectivity index (χ2v) is 6.96. The van der Waals surface area contributed by atoms with Crippen LogP contribution in [0.3, 0.4) is 0 Å². The molecule has 0 saturated carbocycles. The first-order chi connectivity index (χ1) is 10.9. The third-order valence-electron chi connectivity index (χ3n) is 3.06. The van der Waals surface area contributed by atoms with Crippen molar-refractivity contribution >= 4 is 33.0 Å². The Morgan fingerprint density at radius 1 is 1.09 bits per heavy atom. The maximum atomic E-state index is 12.8. The highest BCUT2D eigenvalue weighted by atomic mass is 32.2. The fourth-order valence-corrected chi connectivity index (χ4v) is 2.72. The van der Waals surface area contributed by atoms with Crippen molar-refractivity contribution in [3.8, 4) is 0 Å². The second kappa shape index (κ2) is 7.49. The van der Waals surface area contributed by atoms with Crippen LogP contribution >= 0.6 is 12.2 Å². The van der Waals surface area contributed by atoms with Gasteiger partial charge in [0, 0.05) is 12.2 Å². The summed E-state index contributed by atoms with van der Waals surface area (Å²) in [5.74, 6) is -0.286. The molecule has 0 spiro atoms. The summed E-state index contributed by atoms with van der Waals surface area (Å²) >= 11 is 5.16. The highest BCUT2D eigenvalue weighted by Crippen LogP contribution is 2.13. The van der Waals surface area contributed by atoms with Gasteiger partial charge in [0.25, 0.3) is 0 Å². The number of thiocarbonyl (C=S) groups is 1. The van der Waals surface area contributed by atoms with Crippen molar-refractivity contribution in [2.45, 2.75) is 11.4 Å². The van der Waals surface area contributed by atoms with E-state index in [0.29, 0.717) is 17.3 Å². The molecule has 0 fully saturated rings. The first-order valence-electron chi connectivity index (χ1n) is 6.73. The van der Waals surface area contributed by atoms with Gasteiger partial charge in [0.05, 0.1) is 4.90 Å². The molecule has 0 amide bonds. The van der Waals surface area contributed by atoms with Gasteiger partial charge in [-0.2, -0.15) is 0 Å². The van der Waals surface area contributed by atoms with Gasteiger partial charge in [0.2, 0.25) is 10.0 Å².